The van der Waals surface area contributed by atoms with Crippen LogP contribution in [0.15, 0.2) is 4.99 Å². The molecule has 1 aromatic heterocycles. The van der Waals surface area contributed by atoms with Crippen molar-refractivity contribution in [1.29, 1.82) is 0 Å². The molecule has 0 bridgehead atoms. The van der Waals surface area contributed by atoms with Gasteiger partial charge in [-0.3, -0.25) is 4.99 Å². The van der Waals surface area contributed by atoms with E-state index in [1.54, 1.807) is 0 Å². The van der Waals surface area contributed by atoms with Gasteiger partial charge in [-0.15, -0.1) is 34.2 Å². The summed E-state index contributed by atoms with van der Waals surface area (Å²) in [6, 6.07) is 0.584. The number of aromatic nitrogens is 3. The molecule has 0 atom stereocenters. The number of hydrogen-bond donors (Lipinski definition) is 2. The van der Waals surface area contributed by atoms with Gasteiger partial charge in [0.1, 0.15) is 11.6 Å². The predicted octanol–water partition coefficient (Wildman–Crippen LogP) is 3.05. The first-order valence-electron chi connectivity index (χ1n) is 9.82. The number of aliphatic imine (C=N–C) groups is 1. The lowest BCUT2D eigenvalue weighted by Gasteiger charge is -2.24. The Morgan fingerprint density at radius 1 is 1.12 bits per heavy atom. The lowest BCUT2D eigenvalue weighted by atomic mass is 9.96. The van der Waals surface area contributed by atoms with Crippen LogP contribution >= 0.6 is 24.0 Å². The Kier molecular flexibility index (Phi) is 8.98. The summed E-state index contributed by atoms with van der Waals surface area (Å²) in [5.74, 6) is 3.22. The summed E-state index contributed by atoms with van der Waals surface area (Å²) in [5, 5.41) is 15.8. The Labute approximate surface area is 168 Å². The van der Waals surface area contributed by atoms with E-state index >= 15 is 0 Å². The fraction of sp³-hybridized carbons (Fsp3) is 0.833. The maximum atomic E-state index is 4.77. The van der Waals surface area contributed by atoms with E-state index in [4.69, 9.17) is 4.99 Å². The largest absolute Gasteiger partial charge is 0.357 e. The van der Waals surface area contributed by atoms with E-state index in [2.05, 4.69) is 32.3 Å². The summed E-state index contributed by atoms with van der Waals surface area (Å²) in [6.07, 6.45) is 12.3. The second-order valence-electron chi connectivity index (χ2n) is 6.98. The highest BCUT2D eigenvalue weighted by atomic mass is 127. The third kappa shape index (κ3) is 6.11. The van der Waals surface area contributed by atoms with Gasteiger partial charge in [-0.05, 0) is 32.6 Å². The highest BCUT2D eigenvalue weighted by Crippen LogP contribution is 2.17. The molecule has 142 valence electrons. The minimum Gasteiger partial charge on any atom is -0.357 e. The minimum absolute atomic E-state index is 0. The predicted molar refractivity (Wildman–Crippen MR) is 113 cm³/mol. The zero-order valence-electron chi connectivity index (χ0n) is 15.5. The molecule has 2 N–H and O–H groups in total. The van der Waals surface area contributed by atoms with E-state index in [0.717, 1.165) is 44.3 Å². The fourth-order valence-electron chi connectivity index (χ4n) is 3.76. The number of nitrogens with zero attached hydrogens (tertiary/aromatic N) is 4. The highest BCUT2D eigenvalue weighted by molar-refractivity contribution is 14.0. The van der Waals surface area contributed by atoms with E-state index in [1.807, 2.05) is 0 Å². The molecule has 2 heterocycles. The number of guanidine groups is 1. The molecule has 0 radical (unpaired) electrons. The van der Waals surface area contributed by atoms with E-state index in [0.29, 0.717) is 6.04 Å². The van der Waals surface area contributed by atoms with E-state index in [9.17, 15) is 0 Å². The average molecular weight is 460 g/mol. The van der Waals surface area contributed by atoms with Crippen LogP contribution < -0.4 is 10.6 Å². The van der Waals surface area contributed by atoms with Gasteiger partial charge in [-0.2, -0.15) is 0 Å². The summed E-state index contributed by atoms with van der Waals surface area (Å²) in [5.41, 5.74) is 0. The smallest absolute Gasteiger partial charge is 0.191 e. The number of nitrogens with one attached hydrogen (secondary N) is 2. The molecule has 1 aliphatic heterocycles. The first-order valence-corrected chi connectivity index (χ1v) is 9.82. The number of fused-ring (bicyclic) bond motifs is 1. The molecule has 0 saturated heterocycles. The molecular formula is C18H33IN6. The SMILES string of the molecule is CCNC(=NCCc1nnc2n1CCCCC2)NC1CCCCC1.I. The molecule has 7 heteroatoms. The molecule has 1 aliphatic carbocycles. The van der Waals surface area contributed by atoms with Crippen molar-refractivity contribution in [2.24, 2.45) is 4.99 Å². The lowest BCUT2D eigenvalue weighted by Crippen LogP contribution is -2.44. The summed E-state index contributed by atoms with van der Waals surface area (Å²) < 4.78 is 2.32. The zero-order valence-corrected chi connectivity index (χ0v) is 17.8. The molecule has 3 rings (SSSR count). The van der Waals surface area contributed by atoms with Gasteiger partial charge in [0, 0.05) is 38.5 Å². The van der Waals surface area contributed by atoms with Crippen LogP contribution in [0.5, 0.6) is 0 Å². The van der Waals surface area contributed by atoms with Crippen LogP contribution in [0.25, 0.3) is 0 Å². The number of hydrogen-bond acceptors (Lipinski definition) is 3. The van der Waals surface area contributed by atoms with Crippen molar-refractivity contribution in [3.8, 4) is 0 Å². The van der Waals surface area contributed by atoms with Crippen LogP contribution in [-0.4, -0.2) is 39.9 Å². The summed E-state index contributed by atoms with van der Waals surface area (Å²) in [4.78, 5) is 4.77. The molecule has 0 spiro atoms. The number of aryl methyl sites for hydroxylation is 1. The summed E-state index contributed by atoms with van der Waals surface area (Å²) in [7, 11) is 0. The van der Waals surface area contributed by atoms with Crippen LogP contribution in [0.1, 0.15) is 69.9 Å². The first-order chi connectivity index (χ1) is 11.9. The van der Waals surface area contributed by atoms with Crippen molar-refractivity contribution >= 4 is 29.9 Å². The molecule has 0 amide bonds. The standard InChI is InChI=1S/C18H32N6.HI/c1-2-19-18(21-15-9-5-3-6-10-15)20-13-12-17-23-22-16-11-7-4-8-14-24(16)17;/h15H,2-14H2,1H3,(H2,19,20,21);1H. The topological polar surface area (TPSA) is 67.1 Å². The van der Waals surface area contributed by atoms with Crippen molar-refractivity contribution in [3.63, 3.8) is 0 Å². The van der Waals surface area contributed by atoms with Crippen LogP contribution in [0.2, 0.25) is 0 Å². The zero-order chi connectivity index (χ0) is 16.6. The van der Waals surface area contributed by atoms with Gasteiger partial charge in [0.2, 0.25) is 0 Å². The van der Waals surface area contributed by atoms with Gasteiger partial charge in [0.15, 0.2) is 5.96 Å². The van der Waals surface area contributed by atoms with Crippen LogP contribution in [-0.2, 0) is 19.4 Å². The van der Waals surface area contributed by atoms with Crippen molar-refractivity contribution < 1.29 is 0 Å². The molecule has 1 aromatic rings. The molecule has 2 aliphatic rings. The Bertz CT molecular complexity index is 536. The normalized spacial score (nSPS) is 18.8. The molecule has 25 heavy (non-hydrogen) atoms. The van der Waals surface area contributed by atoms with Gasteiger partial charge in [0.05, 0.1) is 0 Å². The van der Waals surface area contributed by atoms with Gasteiger partial charge >= 0.3 is 0 Å². The summed E-state index contributed by atoms with van der Waals surface area (Å²) in [6.45, 7) is 4.86. The van der Waals surface area contributed by atoms with Crippen LogP contribution in [0.3, 0.4) is 0 Å². The third-order valence-corrected chi connectivity index (χ3v) is 5.08. The monoisotopic (exact) mass is 460 g/mol. The molecular weight excluding hydrogens is 427 g/mol. The van der Waals surface area contributed by atoms with E-state index in [1.165, 1.54) is 57.2 Å². The van der Waals surface area contributed by atoms with Gasteiger partial charge in [-0.1, -0.05) is 25.7 Å². The molecule has 0 unspecified atom stereocenters. The van der Waals surface area contributed by atoms with Gasteiger partial charge < -0.3 is 15.2 Å². The summed E-state index contributed by atoms with van der Waals surface area (Å²) >= 11 is 0. The van der Waals surface area contributed by atoms with Crippen molar-refractivity contribution in [1.82, 2.24) is 25.4 Å². The quantitative estimate of drug-likeness (QED) is 0.403. The minimum atomic E-state index is 0. The van der Waals surface area contributed by atoms with Crippen molar-refractivity contribution in [3.05, 3.63) is 11.6 Å². The molecule has 1 saturated carbocycles. The van der Waals surface area contributed by atoms with Crippen molar-refractivity contribution in [2.45, 2.75) is 83.7 Å². The van der Waals surface area contributed by atoms with Crippen LogP contribution in [0.4, 0.5) is 0 Å². The van der Waals surface area contributed by atoms with E-state index in [-0.39, 0.29) is 24.0 Å². The third-order valence-electron chi connectivity index (χ3n) is 5.08. The number of halogens is 1. The Balaban J connectivity index is 0.00000225. The number of rotatable bonds is 5. The lowest BCUT2D eigenvalue weighted by molar-refractivity contribution is 0.410. The van der Waals surface area contributed by atoms with Gasteiger partial charge in [0.25, 0.3) is 0 Å². The maximum Gasteiger partial charge on any atom is 0.191 e. The molecule has 1 fully saturated rings. The fourth-order valence-corrected chi connectivity index (χ4v) is 3.76. The van der Waals surface area contributed by atoms with E-state index < -0.39 is 0 Å². The Hall–Kier alpha value is -0.860. The van der Waals surface area contributed by atoms with Crippen molar-refractivity contribution in [2.75, 3.05) is 13.1 Å². The second kappa shape index (κ2) is 11.0. The van der Waals surface area contributed by atoms with Crippen LogP contribution in [0, 0.1) is 0 Å². The molecule has 6 nitrogen and oxygen atoms in total. The Morgan fingerprint density at radius 2 is 1.92 bits per heavy atom. The molecule has 0 aromatic carbocycles. The second-order valence-corrected chi connectivity index (χ2v) is 6.98. The highest BCUT2D eigenvalue weighted by Gasteiger charge is 2.16. The Morgan fingerprint density at radius 3 is 2.72 bits per heavy atom. The van der Waals surface area contributed by atoms with Gasteiger partial charge in [-0.25, -0.2) is 0 Å². The maximum absolute atomic E-state index is 4.77. The first kappa shape index (κ1) is 20.5. The average Bonchev–Trinajstić information content (AvgIpc) is 2.83.